The van der Waals surface area contributed by atoms with Gasteiger partial charge in [0.2, 0.25) is 0 Å². The minimum atomic E-state index is -0.170. The molecular weight excluding hydrogens is 348 g/mol. The Morgan fingerprint density at radius 1 is 1.27 bits per heavy atom. The summed E-state index contributed by atoms with van der Waals surface area (Å²) in [6.45, 7) is 1.77. The lowest BCUT2D eigenvalue weighted by atomic mass is 10.0. The van der Waals surface area contributed by atoms with Crippen LogP contribution < -0.4 is 4.74 Å². The number of furan rings is 1. The minimum Gasteiger partial charge on any atom is -0.508 e. The van der Waals surface area contributed by atoms with E-state index in [-0.39, 0.29) is 11.5 Å². The van der Waals surface area contributed by atoms with Crippen LogP contribution in [0.2, 0.25) is 0 Å². The lowest BCUT2D eigenvalue weighted by Crippen LogP contribution is -2.00. The Balaban J connectivity index is 2.11. The second-order valence-electron chi connectivity index (χ2n) is 4.92. The Kier molecular flexibility index (Phi) is 3.66. The van der Waals surface area contributed by atoms with E-state index in [0.717, 1.165) is 0 Å². The van der Waals surface area contributed by atoms with Crippen molar-refractivity contribution in [2.75, 3.05) is 7.11 Å². The van der Waals surface area contributed by atoms with E-state index in [9.17, 15) is 9.90 Å². The summed E-state index contributed by atoms with van der Waals surface area (Å²) in [7, 11) is 1.57. The third kappa shape index (κ3) is 2.27. The number of hydrogen-bond donors (Lipinski definition) is 1. The molecule has 0 aliphatic rings. The average Bonchev–Trinajstić information content (AvgIpc) is 2.96. The fraction of sp³-hybridized carbons (Fsp3) is 0.118. The summed E-state index contributed by atoms with van der Waals surface area (Å²) in [4.78, 5) is 12.6. The molecule has 0 aliphatic heterocycles. The zero-order valence-electron chi connectivity index (χ0n) is 12.0. The molecule has 3 rings (SSSR count). The van der Waals surface area contributed by atoms with Gasteiger partial charge < -0.3 is 14.3 Å². The summed E-state index contributed by atoms with van der Waals surface area (Å²) in [5.41, 5.74) is 2.16. The van der Waals surface area contributed by atoms with Gasteiger partial charge in [-0.15, -0.1) is 0 Å². The zero-order chi connectivity index (χ0) is 15.9. The van der Waals surface area contributed by atoms with Crippen LogP contribution >= 0.6 is 15.9 Å². The number of carbonyl (C=O) groups excluding carboxylic acids is 1. The smallest absolute Gasteiger partial charge is 0.196 e. The molecule has 0 saturated heterocycles. The normalized spacial score (nSPS) is 10.9. The van der Waals surface area contributed by atoms with Crippen LogP contribution in [0.25, 0.3) is 11.0 Å². The first-order valence-corrected chi connectivity index (χ1v) is 7.40. The van der Waals surface area contributed by atoms with Gasteiger partial charge in [-0.05, 0) is 53.2 Å². The molecule has 0 radical (unpaired) electrons. The molecule has 22 heavy (non-hydrogen) atoms. The summed E-state index contributed by atoms with van der Waals surface area (Å²) in [5.74, 6) is 0.630. The van der Waals surface area contributed by atoms with Crippen LogP contribution in [-0.2, 0) is 0 Å². The van der Waals surface area contributed by atoms with Gasteiger partial charge in [-0.2, -0.15) is 0 Å². The number of aromatic hydroxyl groups is 1. The highest BCUT2D eigenvalue weighted by Gasteiger charge is 2.19. The van der Waals surface area contributed by atoms with E-state index < -0.39 is 0 Å². The van der Waals surface area contributed by atoms with E-state index in [0.29, 0.717) is 37.9 Å². The maximum Gasteiger partial charge on any atom is 0.196 e. The molecule has 112 valence electrons. The van der Waals surface area contributed by atoms with E-state index >= 15 is 0 Å². The van der Waals surface area contributed by atoms with Crippen LogP contribution in [0.5, 0.6) is 11.5 Å². The lowest BCUT2D eigenvalue weighted by molar-refractivity contribution is 0.103. The van der Waals surface area contributed by atoms with E-state index in [4.69, 9.17) is 9.15 Å². The number of hydrogen-bond acceptors (Lipinski definition) is 4. The molecule has 1 heterocycles. The predicted molar refractivity (Wildman–Crippen MR) is 86.7 cm³/mol. The number of rotatable bonds is 3. The first-order chi connectivity index (χ1) is 10.5. The Hall–Kier alpha value is -2.27. The summed E-state index contributed by atoms with van der Waals surface area (Å²) in [6, 6.07) is 8.40. The molecule has 1 N–H and O–H groups in total. The maximum atomic E-state index is 12.6. The SMILES string of the molecule is COc1ccc(C(=O)c2coc3c(Br)c(C)c(O)cc23)cc1. The summed E-state index contributed by atoms with van der Waals surface area (Å²) in [6.07, 6.45) is 1.42. The van der Waals surface area contributed by atoms with Gasteiger partial charge in [0.15, 0.2) is 5.78 Å². The highest BCUT2D eigenvalue weighted by atomic mass is 79.9. The van der Waals surface area contributed by atoms with Crippen LogP contribution in [-0.4, -0.2) is 18.0 Å². The van der Waals surface area contributed by atoms with Gasteiger partial charge in [-0.3, -0.25) is 4.79 Å². The minimum absolute atomic E-state index is 0.115. The molecule has 0 aliphatic carbocycles. The van der Waals surface area contributed by atoms with E-state index in [1.54, 1.807) is 44.4 Å². The second-order valence-corrected chi connectivity index (χ2v) is 5.71. The maximum absolute atomic E-state index is 12.6. The average molecular weight is 361 g/mol. The molecule has 0 spiro atoms. The molecular formula is C17H13BrO4. The van der Waals surface area contributed by atoms with Gasteiger partial charge in [0, 0.05) is 16.5 Å². The van der Waals surface area contributed by atoms with Crippen molar-refractivity contribution in [1.29, 1.82) is 0 Å². The second kappa shape index (κ2) is 5.50. The van der Waals surface area contributed by atoms with E-state index in [1.807, 2.05) is 0 Å². The molecule has 0 unspecified atom stereocenters. The van der Waals surface area contributed by atoms with Gasteiger partial charge in [-0.1, -0.05) is 0 Å². The van der Waals surface area contributed by atoms with Crippen molar-refractivity contribution < 1.29 is 19.1 Å². The van der Waals surface area contributed by atoms with Gasteiger partial charge in [-0.25, -0.2) is 0 Å². The number of halogens is 1. The van der Waals surface area contributed by atoms with Crippen molar-refractivity contribution >= 4 is 32.7 Å². The van der Waals surface area contributed by atoms with Crippen LogP contribution in [0.4, 0.5) is 0 Å². The van der Waals surface area contributed by atoms with Crippen molar-refractivity contribution in [3.8, 4) is 11.5 Å². The van der Waals surface area contributed by atoms with Crippen LogP contribution in [0.3, 0.4) is 0 Å². The van der Waals surface area contributed by atoms with Crippen molar-refractivity contribution in [2.24, 2.45) is 0 Å². The summed E-state index contributed by atoms with van der Waals surface area (Å²) >= 11 is 3.39. The Morgan fingerprint density at radius 2 is 1.95 bits per heavy atom. The van der Waals surface area contributed by atoms with Crippen LogP contribution in [0.15, 0.2) is 45.5 Å². The standard InChI is InChI=1S/C17H13BrO4/c1-9-14(19)7-12-13(8-22-17(12)15(9)18)16(20)10-3-5-11(21-2)6-4-10/h3-8,19H,1-2H3. The van der Waals surface area contributed by atoms with Gasteiger partial charge in [0.25, 0.3) is 0 Å². The van der Waals surface area contributed by atoms with Crippen LogP contribution in [0.1, 0.15) is 21.5 Å². The number of ether oxygens (including phenoxy) is 1. The predicted octanol–water partition coefficient (Wildman–Crippen LogP) is 4.45. The largest absolute Gasteiger partial charge is 0.508 e. The third-order valence-corrected chi connectivity index (χ3v) is 4.57. The topological polar surface area (TPSA) is 59.7 Å². The molecule has 1 aromatic heterocycles. The number of phenols is 1. The summed E-state index contributed by atoms with van der Waals surface area (Å²) < 4.78 is 11.2. The van der Waals surface area contributed by atoms with Crippen LogP contribution in [0, 0.1) is 6.92 Å². The molecule has 0 fully saturated rings. The molecule has 3 aromatic rings. The fourth-order valence-corrected chi connectivity index (χ4v) is 2.79. The molecule has 4 nitrogen and oxygen atoms in total. The first kappa shape index (κ1) is 14.7. The highest BCUT2D eigenvalue weighted by Crippen LogP contribution is 2.37. The van der Waals surface area contributed by atoms with Crippen molar-refractivity contribution in [3.63, 3.8) is 0 Å². The fourth-order valence-electron chi connectivity index (χ4n) is 2.28. The van der Waals surface area contributed by atoms with Crippen molar-refractivity contribution in [3.05, 3.63) is 57.8 Å². The van der Waals surface area contributed by atoms with E-state index in [2.05, 4.69) is 15.9 Å². The number of benzene rings is 2. The van der Waals surface area contributed by atoms with Gasteiger partial charge in [0.1, 0.15) is 23.3 Å². The Bertz CT molecular complexity index is 862. The quantitative estimate of drug-likeness (QED) is 0.701. The van der Waals surface area contributed by atoms with E-state index in [1.165, 1.54) is 6.26 Å². The van der Waals surface area contributed by atoms with Gasteiger partial charge in [0.05, 0.1) is 17.1 Å². The first-order valence-electron chi connectivity index (χ1n) is 6.61. The highest BCUT2D eigenvalue weighted by molar-refractivity contribution is 9.10. The molecule has 2 aromatic carbocycles. The number of phenolic OH excluding ortho intramolecular Hbond substituents is 1. The third-order valence-electron chi connectivity index (χ3n) is 3.62. The number of carbonyl (C=O) groups is 1. The molecule has 0 saturated carbocycles. The number of ketones is 1. The summed E-state index contributed by atoms with van der Waals surface area (Å²) in [5, 5.41) is 10.5. The Labute approximate surface area is 135 Å². The monoisotopic (exact) mass is 360 g/mol. The number of fused-ring (bicyclic) bond motifs is 1. The van der Waals surface area contributed by atoms with Gasteiger partial charge >= 0.3 is 0 Å². The lowest BCUT2D eigenvalue weighted by Gasteiger charge is -2.04. The zero-order valence-corrected chi connectivity index (χ0v) is 13.6. The molecule has 5 heteroatoms. The molecule has 0 amide bonds. The van der Waals surface area contributed by atoms with Crippen molar-refractivity contribution in [1.82, 2.24) is 0 Å². The molecule has 0 bridgehead atoms. The molecule has 0 atom stereocenters. The Morgan fingerprint density at radius 3 is 2.59 bits per heavy atom. The number of methoxy groups -OCH3 is 1. The van der Waals surface area contributed by atoms with Crippen molar-refractivity contribution in [2.45, 2.75) is 6.92 Å².